The Hall–Kier alpha value is -0.580. The molecule has 20 heavy (non-hydrogen) atoms. The molecule has 1 nitrogen and oxygen atoms in total. The van der Waals surface area contributed by atoms with Crippen LogP contribution in [-0.2, 0) is 0 Å². The van der Waals surface area contributed by atoms with Crippen molar-refractivity contribution in [2.75, 3.05) is 11.9 Å². The molecule has 0 saturated carbocycles. The van der Waals surface area contributed by atoms with Crippen LogP contribution in [0.4, 0.5) is 4.39 Å². The van der Waals surface area contributed by atoms with Gasteiger partial charge in [0, 0.05) is 17.3 Å². The summed E-state index contributed by atoms with van der Waals surface area (Å²) in [7, 11) is 0. The molecule has 2 aromatic carbocycles. The SMILES string of the molecule is Fc1cc(OCC(CBr)c2ccccc2)c(Br)cc1Cl. The van der Waals surface area contributed by atoms with Gasteiger partial charge in [0.1, 0.15) is 11.6 Å². The predicted molar refractivity (Wildman–Crippen MR) is 87.6 cm³/mol. The smallest absolute Gasteiger partial charge is 0.145 e. The van der Waals surface area contributed by atoms with Crippen molar-refractivity contribution >= 4 is 43.5 Å². The summed E-state index contributed by atoms with van der Waals surface area (Å²) in [6.07, 6.45) is 0. The lowest BCUT2D eigenvalue weighted by molar-refractivity contribution is 0.295. The average Bonchev–Trinajstić information content (AvgIpc) is 2.46. The summed E-state index contributed by atoms with van der Waals surface area (Å²) in [5, 5.41) is 0.842. The van der Waals surface area contributed by atoms with Gasteiger partial charge in [-0.05, 0) is 27.6 Å². The Labute approximate surface area is 139 Å². The third-order valence-electron chi connectivity index (χ3n) is 2.87. The van der Waals surface area contributed by atoms with Crippen molar-refractivity contribution in [2.45, 2.75) is 5.92 Å². The molecule has 2 aromatic rings. The highest BCUT2D eigenvalue weighted by Crippen LogP contribution is 2.31. The van der Waals surface area contributed by atoms with E-state index in [0.29, 0.717) is 16.8 Å². The Kier molecular flexibility index (Phi) is 5.87. The van der Waals surface area contributed by atoms with E-state index in [-0.39, 0.29) is 10.9 Å². The molecule has 0 N–H and O–H groups in total. The highest BCUT2D eigenvalue weighted by molar-refractivity contribution is 9.10. The Bertz CT molecular complexity index is 578. The van der Waals surface area contributed by atoms with Crippen molar-refractivity contribution in [3.05, 3.63) is 63.3 Å². The molecule has 0 aliphatic heterocycles. The fourth-order valence-corrected chi connectivity index (χ4v) is 3.07. The van der Waals surface area contributed by atoms with Gasteiger partial charge in [-0.3, -0.25) is 0 Å². The summed E-state index contributed by atoms with van der Waals surface area (Å²) in [5.41, 5.74) is 1.18. The molecule has 1 unspecified atom stereocenters. The second kappa shape index (κ2) is 7.43. The first-order valence-corrected chi connectivity index (χ1v) is 8.29. The van der Waals surface area contributed by atoms with Gasteiger partial charge >= 0.3 is 0 Å². The van der Waals surface area contributed by atoms with Crippen LogP contribution in [0.3, 0.4) is 0 Å². The number of halogens is 4. The first kappa shape index (κ1) is 15.8. The number of benzene rings is 2. The van der Waals surface area contributed by atoms with Gasteiger partial charge < -0.3 is 4.74 Å². The van der Waals surface area contributed by atoms with Gasteiger partial charge in [-0.15, -0.1) is 0 Å². The van der Waals surface area contributed by atoms with Crippen LogP contribution in [0.1, 0.15) is 11.5 Å². The largest absolute Gasteiger partial charge is 0.492 e. The standard InChI is InChI=1S/C15H12Br2ClFO/c16-8-11(10-4-2-1-3-5-10)9-20-15-7-14(19)13(18)6-12(15)17/h1-7,11H,8-9H2. The lowest BCUT2D eigenvalue weighted by atomic mass is 10.0. The summed E-state index contributed by atoms with van der Waals surface area (Å²) in [6, 6.07) is 12.8. The van der Waals surface area contributed by atoms with Crippen molar-refractivity contribution in [1.82, 2.24) is 0 Å². The van der Waals surface area contributed by atoms with Gasteiger partial charge in [-0.1, -0.05) is 57.9 Å². The van der Waals surface area contributed by atoms with Crippen LogP contribution < -0.4 is 4.74 Å². The van der Waals surface area contributed by atoms with Gasteiger partial charge in [-0.2, -0.15) is 0 Å². The topological polar surface area (TPSA) is 9.23 Å². The summed E-state index contributed by atoms with van der Waals surface area (Å²) in [4.78, 5) is 0. The zero-order valence-corrected chi connectivity index (χ0v) is 14.4. The third kappa shape index (κ3) is 3.96. The van der Waals surface area contributed by atoms with Crippen LogP contribution in [0.15, 0.2) is 46.9 Å². The lowest BCUT2D eigenvalue weighted by Crippen LogP contribution is -2.12. The molecule has 0 spiro atoms. The normalized spacial score (nSPS) is 12.2. The summed E-state index contributed by atoms with van der Waals surface area (Å²) >= 11 is 12.5. The van der Waals surface area contributed by atoms with E-state index >= 15 is 0 Å². The van der Waals surface area contributed by atoms with E-state index in [0.717, 1.165) is 5.33 Å². The molecule has 0 radical (unpaired) electrons. The van der Waals surface area contributed by atoms with Crippen LogP contribution in [0.2, 0.25) is 5.02 Å². The molecular formula is C15H12Br2ClFO. The minimum atomic E-state index is -0.486. The maximum atomic E-state index is 13.4. The second-order valence-electron chi connectivity index (χ2n) is 4.27. The zero-order chi connectivity index (χ0) is 14.5. The highest BCUT2D eigenvalue weighted by Gasteiger charge is 2.13. The first-order chi connectivity index (χ1) is 9.61. The number of alkyl halides is 1. The molecular weight excluding hydrogens is 410 g/mol. The Morgan fingerprint density at radius 2 is 1.90 bits per heavy atom. The molecule has 0 aliphatic rings. The molecule has 0 aliphatic carbocycles. The number of hydrogen-bond donors (Lipinski definition) is 0. The van der Waals surface area contributed by atoms with Crippen LogP contribution in [0.25, 0.3) is 0 Å². The fraction of sp³-hybridized carbons (Fsp3) is 0.200. The molecule has 2 rings (SSSR count). The first-order valence-electron chi connectivity index (χ1n) is 6.00. The fourth-order valence-electron chi connectivity index (χ4n) is 1.76. The van der Waals surface area contributed by atoms with Crippen molar-refractivity contribution in [3.63, 3.8) is 0 Å². The third-order valence-corrected chi connectivity index (χ3v) is 4.56. The van der Waals surface area contributed by atoms with Crippen molar-refractivity contribution in [3.8, 4) is 5.75 Å². The Balaban J connectivity index is 2.09. The summed E-state index contributed by atoms with van der Waals surface area (Å²) in [5.74, 6) is 0.163. The van der Waals surface area contributed by atoms with E-state index in [1.807, 2.05) is 30.3 Å². The minimum Gasteiger partial charge on any atom is -0.492 e. The minimum absolute atomic E-state index is 0.0734. The van der Waals surface area contributed by atoms with Gasteiger partial charge in [-0.25, -0.2) is 4.39 Å². The maximum absolute atomic E-state index is 13.4. The van der Waals surface area contributed by atoms with Crippen molar-refractivity contribution < 1.29 is 9.13 Å². The summed E-state index contributed by atoms with van der Waals surface area (Å²) in [6.45, 7) is 0.453. The molecule has 1 atom stereocenters. The monoisotopic (exact) mass is 420 g/mol. The highest BCUT2D eigenvalue weighted by atomic mass is 79.9. The van der Waals surface area contributed by atoms with Gasteiger partial charge in [0.05, 0.1) is 16.1 Å². The maximum Gasteiger partial charge on any atom is 0.145 e. The van der Waals surface area contributed by atoms with Gasteiger partial charge in [0.25, 0.3) is 0 Å². The van der Waals surface area contributed by atoms with Crippen molar-refractivity contribution in [1.29, 1.82) is 0 Å². The molecule has 0 heterocycles. The van der Waals surface area contributed by atoms with E-state index < -0.39 is 5.82 Å². The van der Waals surface area contributed by atoms with E-state index in [9.17, 15) is 4.39 Å². The van der Waals surface area contributed by atoms with Gasteiger partial charge in [0.2, 0.25) is 0 Å². The molecule has 0 bridgehead atoms. The Morgan fingerprint density at radius 3 is 2.55 bits per heavy atom. The van der Waals surface area contributed by atoms with E-state index in [2.05, 4.69) is 31.9 Å². The molecule has 0 fully saturated rings. The van der Waals surface area contributed by atoms with E-state index in [1.54, 1.807) is 0 Å². The molecule has 0 saturated heterocycles. The zero-order valence-electron chi connectivity index (χ0n) is 10.5. The predicted octanol–water partition coefficient (Wildman–Crippen LogP) is 5.80. The number of hydrogen-bond acceptors (Lipinski definition) is 1. The number of rotatable bonds is 5. The van der Waals surface area contributed by atoms with Crippen LogP contribution >= 0.6 is 43.5 Å². The van der Waals surface area contributed by atoms with E-state index in [1.165, 1.54) is 17.7 Å². The quantitative estimate of drug-likeness (QED) is 0.437. The van der Waals surface area contributed by atoms with E-state index in [4.69, 9.17) is 16.3 Å². The van der Waals surface area contributed by atoms with Crippen LogP contribution in [0.5, 0.6) is 5.75 Å². The molecule has 0 amide bonds. The lowest BCUT2D eigenvalue weighted by Gasteiger charge is -2.16. The van der Waals surface area contributed by atoms with Crippen molar-refractivity contribution in [2.24, 2.45) is 0 Å². The molecule has 5 heteroatoms. The summed E-state index contributed by atoms with van der Waals surface area (Å²) < 4.78 is 19.8. The van der Waals surface area contributed by atoms with Gasteiger partial charge in [0.15, 0.2) is 0 Å². The second-order valence-corrected chi connectivity index (χ2v) is 6.18. The molecule has 106 valence electrons. The Morgan fingerprint density at radius 1 is 1.20 bits per heavy atom. The average molecular weight is 423 g/mol. The number of ether oxygens (including phenoxy) is 1. The van der Waals surface area contributed by atoms with Crippen LogP contribution in [0, 0.1) is 5.82 Å². The molecule has 0 aromatic heterocycles. The van der Waals surface area contributed by atoms with Crippen LogP contribution in [-0.4, -0.2) is 11.9 Å².